The van der Waals surface area contributed by atoms with Crippen molar-refractivity contribution in [2.45, 2.75) is 6.92 Å². The van der Waals surface area contributed by atoms with Gasteiger partial charge in [-0.25, -0.2) is 4.79 Å². The predicted octanol–water partition coefficient (Wildman–Crippen LogP) is 3.36. The highest BCUT2D eigenvalue weighted by Crippen LogP contribution is 2.28. The van der Waals surface area contributed by atoms with E-state index < -0.39 is 10.9 Å². The zero-order valence-corrected chi connectivity index (χ0v) is 11.1. The van der Waals surface area contributed by atoms with Crippen molar-refractivity contribution in [1.29, 1.82) is 0 Å². The number of hydrogen-bond donors (Lipinski definition) is 0. The first kappa shape index (κ1) is 13.7. The second kappa shape index (κ2) is 5.52. The normalized spacial score (nSPS) is 10.1. The summed E-state index contributed by atoms with van der Waals surface area (Å²) in [5.74, 6) is -0.434. The Hall–Kier alpha value is -2.69. The Labute approximate surface area is 116 Å². The molecule has 102 valence electrons. The lowest BCUT2D eigenvalue weighted by molar-refractivity contribution is -0.385. The highest BCUT2D eigenvalue weighted by molar-refractivity contribution is 5.97. The molecule has 0 fully saturated rings. The van der Waals surface area contributed by atoms with E-state index >= 15 is 0 Å². The summed E-state index contributed by atoms with van der Waals surface area (Å²) < 4.78 is 4.74. The van der Waals surface area contributed by atoms with Crippen molar-refractivity contribution in [3.05, 3.63) is 63.7 Å². The lowest BCUT2D eigenvalue weighted by Gasteiger charge is -2.08. The summed E-state index contributed by atoms with van der Waals surface area (Å²) >= 11 is 0. The van der Waals surface area contributed by atoms with Gasteiger partial charge in [0.1, 0.15) is 0 Å². The van der Waals surface area contributed by atoms with Gasteiger partial charge in [-0.15, -0.1) is 0 Å². The second-order valence-corrected chi connectivity index (χ2v) is 4.30. The lowest BCUT2D eigenvalue weighted by Crippen LogP contribution is -2.03. The van der Waals surface area contributed by atoms with Crippen LogP contribution in [0.5, 0.6) is 0 Å². The van der Waals surface area contributed by atoms with Crippen LogP contribution in [0.15, 0.2) is 42.5 Å². The molecule has 2 rings (SSSR count). The molecule has 0 heterocycles. The van der Waals surface area contributed by atoms with Gasteiger partial charge in [-0.2, -0.15) is 0 Å². The van der Waals surface area contributed by atoms with Crippen molar-refractivity contribution >= 4 is 11.7 Å². The van der Waals surface area contributed by atoms with E-state index in [1.807, 2.05) is 0 Å². The Balaban J connectivity index is 2.55. The average Bonchev–Trinajstić information content (AvgIpc) is 2.46. The summed E-state index contributed by atoms with van der Waals surface area (Å²) in [7, 11) is 1.32. The number of carbonyl (C=O) groups excluding carboxylic acids is 1. The van der Waals surface area contributed by atoms with Gasteiger partial charge in [0.25, 0.3) is 5.69 Å². The van der Waals surface area contributed by atoms with E-state index in [1.165, 1.54) is 13.2 Å². The van der Waals surface area contributed by atoms with E-state index in [0.717, 1.165) is 5.56 Å². The minimum Gasteiger partial charge on any atom is -0.465 e. The van der Waals surface area contributed by atoms with Gasteiger partial charge in [-0.1, -0.05) is 18.2 Å². The molecule has 0 atom stereocenters. The minimum atomic E-state index is -0.434. The summed E-state index contributed by atoms with van der Waals surface area (Å²) in [6.45, 7) is 1.67. The highest BCUT2D eigenvalue weighted by Gasteiger charge is 2.15. The van der Waals surface area contributed by atoms with Crippen LogP contribution in [0.3, 0.4) is 0 Å². The van der Waals surface area contributed by atoms with Gasteiger partial charge in [0.05, 0.1) is 17.6 Å². The van der Waals surface area contributed by atoms with Crippen molar-refractivity contribution in [3.8, 4) is 11.1 Å². The van der Waals surface area contributed by atoms with E-state index in [-0.39, 0.29) is 5.69 Å². The Morgan fingerprint density at radius 2 is 1.90 bits per heavy atom. The van der Waals surface area contributed by atoms with Crippen LogP contribution in [-0.2, 0) is 4.74 Å². The van der Waals surface area contributed by atoms with Crippen molar-refractivity contribution in [2.75, 3.05) is 7.11 Å². The molecule has 0 saturated carbocycles. The number of carbonyl (C=O) groups is 1. The fourth-order valence-electron chi connectivity index (χ4n) is 2.05. The standard InChI is InChI=1S/C15H13NO4/c1-10-9-11(7-8-14(10)16(18)19)12-5-3-4-6-13(12)15(17)20-2/h3-9H,1-2H3. The zero-order chi connectivity index (χ0) is 14.7. The Kier molecular flexibility index (Phi) is 3.79. The van der Waals surface area contributed by atoms with E-state index in [9.17, 15) is 14.9 Å². The number of hydrogen-bond acceptors (Lipinski definition) is 4. The zero-order valence-electron chi connectivity index (χ0n) is 11.1. The molecule has 0 bridgehead atoms. The molecule has 20 heavy (non-hydrogen) atoms. The molecule has 0 radical (unpaired) electrons. The molecule has 0 N–H and O–H groups in total. The first-order chi connectivity index (χ1) is 9.54. The van der Waals surface area contributed by atoms with E-state index in [4.69, 9.17) is 4.74 Å². The van der Waals surface area contributed by atoms with Crippen LogP contribution >= 0.6 is 0 Å². The van der Waals surface area contributed by atoms with Crippen molar-refractivity contribution < 1.29 is 14.5 Å². The van der Waals surface area contributed by atoms with E-state index in [1.54, 1.807) is 43.3 Å². The van der Waals surface area contributed by atoms with Gasteiger partial charge in [0, 0.05) is 11.6 Å². The molecule has 0 aliphatic carbocycles. The molecule has 2 aromatic rings. The Morgan fingerprint density at radius 3 is 2.50 bits per heavy atom. The molecule has 0 amide bonds. The second-order valence-electron chi connectivity index (χ2n) is 4.30. The number of nitro groups is 1. The van der Waals surface area contributed by atoms with Crippen molar-refractivity contribution in [1.82, 2.24) is 0 Å². The van der Waals surface area contributed by atoms with Crippen LogP contribution in [0, 0.1) is 17.0 Å². The largest absolute Gasteiger partial charge is 0.465 e. The summed E-state index contributed by atoms with van der Waals surface area (Å²) in [4.78, 5) is 22.1. The molecule has 5 heteroatoms. The predicted molar refractivity (Wildman–Crippen MR) is 74.6 cm³/mol. The number of nitro benzene ring substituents is 1. The maximum Gasteiger partial charge on any atom is 0.338 e. The number of rotatable bonds is 3. The Bertz CT molecular complexity index is 679. The van der Waals surface area contributed by atoms with Crippen LogP contribution in [0.4, 0.5) is 5.69 Å². The van der Waals surface area contributed by atoms with Gasteiger partial charge >= 0.3 is 5.97 Å². The molecular formula is C15H13NO4. The minimum absolute atomic E-state index is 0.0595. The molecule has 0 aliphatic rings. The number of esters is 1. The van der Waals surface area contributed by atoms with Crippen LogP contribution in [0.25, 0.3) is 11.1 Å². The highest BCUT2D eigenvalue weighted by atomic mass is 16.6. The summed E-state index contributed by atoms with van der Waals surface area (Å²) in [5, 5.41) is 10.8. The van der Waals surface area contributed by atoms with Gasteiger partial charge in [-0.05, 0) is 36.2 Å². The monoisotopic (exact) mass is 271 g/mol. The maximum atomic E-state index is 11.7. The average molecular weight is 271 g/mol. The van der Waals surface area contributed by atoms with Crippen LogP contribution < -0.4 is 0 Å². The Morgan fingerprint density at radius 1 is 1.20 bits per heavy atom. The third-order valence-corrected chi connectivity index (χ3v) is 3.04. The smallest absolute Gasteiger partial charge is 0.338 e. The summed E-state index contributed by atoms with van der Waals surface area (Å²) in [6.07, 6.45) is 0. The molecule has 0 aliphatic heterocycles. The summed E-state index contributed by atoms with van der Waals surface area (Å²) in [5.41, 5.74) is 2.48. The van der Waals surface area contributed by atoms with Gasteiger partial charge in [0.2, 0.25) is 0 Å². The molecule has 0 unspecified atom stereocenters. The van der Waals surface area contributed by atoms with Crippen LogP contribution in [0.2, 0.25) is 0 Å². The van der Waals surface area contributed by atoms with Crippen LogP contribution in [-0.4, -0.2) is 18.0 Å². The maximum absolute atomic E-state index is 11.7. The third kappa shape index (κ3) is 2.51. The molecule has 0 saturated heterocycles. The first-order valence-corrected chi connectivity index (χ1v) is 5.97. The molecule has 2 aromatic carbocycles. The lowest BCUT2D eigenvalue weighted by atomic mass is 9.98. The topological polar surface area (TPSA) is 69.4 Å². The number of aryl methyl sites for hydroxylation is 1. The van der Waals surface area contributed by atoms with Gasteiger partial charge < -0.3 is 4.74 Å². The quantitative estimate of drug-likeness (QED) is 0.487. The van der Waals surface area contributed by atoms with Gasteiger partial charge in [-0.3, -0.25) is 10.1 Å². The SMILES string of the molecule is COC(=O)c1ccccc1-c1ccc([N+](=O)[O-])c(C)c1. The van der Waals surface area contributed by atoms with E-state index in [0.29, 0.717) is 16.7 Å². The number of nitrogens with zero attached hydrogens (tertiary/aromatic N) is 1. The van der Waals surface area contributed by atoms with Crippen LogP contribution in [0.1, 0.15) is 15.9 Å². The number of benzene rings is 2. The fourth-order valence-corrected chi connectivity index (χ4v) is 2.05. The molecule has 0 aromatic heterocycles. The van der Waals surface area contributed by atoms with Crippen molar-refractivity contribution in [2.24, 2.45) is 0 Å². The fraction of sp³-hybridized carbons (Fsp3) is 0.133. The number of methoxy groups -OCH3 is 1. The van der Waals surface area contributed by atoms with Crippen molar-refractivity contribution in [3.63, 3.8) is 0 Å². The number of ether oxygens (including phenoxy) is 1. The first-order valence-electron chi connectivity index (χ1n) is 5.97. The third-order valence-electron chi connectivity index (χ3n) is 3.04. The molecule has 0 spiro atoms. The molecular weight excluding hydrogens is 258 g/mol. The summed E-state index contributed by atoms with van der Waals surface area (Å²) in [6, 6.07) is 11.8. The van der Waals surface area contributed by atoms with Gasteiger partial charge in [0.15, 0.2) is 0 Å². The molecule has 5 nitrogen and oxygen atoms in total. The van der Waals surface area contributed by atoms with E-state index in [2.05, 4.69) is 0 Å².